The second-order valence-electron chi connectivity index (χ2n) is 6.62. The highest BCUT2D eigenvalue weighted by Crippen LogP contribution is 2.24. The first kappa shape index (κ1) is 19.7. The molecular formula is C18H18ClFN6O2S. The first-order valence-corrected chi connectivity index (χ1v) is 10.7. The Balaban J connectivity index is 1.44. The molecule has 1 saturated heterocycles. The largest absolute Gasteiger partial charge is 0.352 e. The van der Waals surface area contributed by atoms with Gasteiger partial charge in [-0.1, -0.05) is 11.6 Å². The van der Waals surface area contributed by atoms with Crippen LogP contribution in [0.15, 0.2) is 47.5 Å². The van der Waals surface area contributed by atoms with E-state index >= 15 is 0 Å². The molecule has 3 aromatic rings. The Morgan fingerprint density at radius 1 is 1.00 bits per heavy atom. The summed E-state index contributed by atoms with van der Waals surface area (Å²) in [4.78, 5) is 1.95. The fourth-order valence-electron chi connectivity index (χ4n) is 3.10. The van der Waals surface area contributed by atoms with Gasteiger partial charge < -0.3 is 4.90 Å². The summed E-state index contributed by atoms with van der Waals surface area (Å²) in [6, 6.07) is 8.96. The van der Waals surface area contributed by atoms with E-state index in [9.17, 15) is 12.8 Å². The van der Waals surface area contributed by atoms with E-state index in [0.29, 0.717) is 24.7 Å². The molecule has 3 heterocycles. The fourth-order valence-corrected chi connectivity index (χ4v) is 4.79. The van der Waals surface area contributed by atoms with Gasteiger partial charge in [-0.15, -0.1) is 10.2 Å². The van der Waals surface area contributed by atoms with Crippen molar-refractivity contribution in [2.45, 2.75) is 11.8 Å². The van der Waals surface area contributed by atoms with Crippen molar-refractivity contribution in [2.24, 2.45) is 0 Å². The molecule has 0 unspecified atom stereocenters. The summed E-state index contributed by atoms with van der Waals surface area (Å²) in [5.74, 6) is 0.624. The lowest BCUT2D eigenvalue weighted by Crippen LogP contribution is -2.49. The van der Waals surface area contributed by atoms with Gasteiger partial charge in [0.25, 0.3) is 0 Å². The molecule has 4 rings (SSSR count). The zero-order valence-corrected chi connectivity index (χ0v) is 17.1. The predicted octanol–water partition coefficient (Wildman–Crippen LogP) is 2.27. The lowest BCUT2D eigenvalue weighted by molar-refractivity contribution is 0.383. The van der Waals surface area contributed by atoms with Gasteiger partial charge in [-0.05, 0) is 43.3 Å². The Labute approximate surface area is 172 Å². The van der Waals surface area contributed by atoms with Gasteiger partial charge in [-0.25, -0.2) is 17.5 Å². The summed E-state index contributed by atoms with van der Waals surface area (Å²) >= 11 is 5.73. The molecule has 152 valence electrons. The highest BCUT2D eigenvalue weighted by Gasteiger charge is 2.29. The highest BCUT2D eigenvalue weighted by atomic mass is 35.5. The number of halogens is 2. The Hall–Kier alpha value is -2.56. The van der Waals surface area contributed by atoms with E-state index in [0.717, 1.165) is 17.8 Å². The van der Waals surface area contributed by atoms with Gasteiger partial charge in [-0.3, -0.25) is 0 Å². The number of aromatic nitrogens is 4. The number of hydrogen-bond donors (Lipinski definition) is 0. The molecule has 0 radical (unpaired) electrons. The van der Waals surface area contributed by atoms with E-state index in [2.05, 4.69) is 15.3 Å². The van der Waals surface area contributed by atoms with Crippen LogP contribution in [0.3, 0.4) is 0 Å². The van der Waals surface area contributed by atoms with Gasteiger partial charge in [0, 0.05) is 32.4 Å². The van der Waals surface area contributed by atoms with Crippen LogP contribution < -0.4 is 4.90 Å². The number of aryl methyl sites for hydroxylation is 1. The van der Waals surface area contributed by atoms with Gasteiger partial charge in [0.15, 0.2) is 11.6 Å². The summed E-state index contributed by atoms with van der Waals surface area (Å²) in [5, 5.41) is 12.5. The Morgan fingerprint density at radius 2 is 1.69 bits per heavy atom. The molecule has 0 bridgehead atoms. The van der Waals surface area contributed by atoms with E-state index in [1.165, 1.54) is 10.4 Å². The van der Waals surface area contributed by atoms with Crippen molar-refractivity contribution < 1.29 is 12.8 Å². The molecule has 11 heteroatoms. The summed E-state index contributed by atoms with van der Waals surface area (Å²) in [5.41, 5.74) is 0.885. The molecule has 0 amide bonds. The molecule has 29 heavy (non-hydrogen) atoms. The summed E-state index contributed by atoms with van der Waals surface area (Å²) in [6.45, 7) is 3.37. The van der Waals surface area contributed by atoms with Crippen LogP contribution in [0.1, 0.15) is 5.69 Å². The van der Waals surface area contributed by atoms with E-state index < -0.39 is 15.8 Å². The maximum absolute atomic E-state index is 13.3. The lowest BCUT2D eigenvalue weighted by Gasteiger charge is -2.34. The molecule has 0 aliphatic carbocycles. The molecule has 1 aliphatic rings. The van der Waals surface area contributed by atoms with Gasteiger partial charge >= 0.3 is 0 Å². The molecule has 0 saturated carbocycles. The quantitative estimate of drug-likeness (QED) is 0.623. The monoisotopic (exact) mass is 436 g/mol. The number of sulfonamides is 1. The van der Waals surface area contributed by atoms with Crippen molar-refractivity contribution in [2.75, 3.05) is 31.1 Å². The smallest absolute Gasteiger partial charge is 0.243 e. The summed E-state index contributed by atoms with van der Waals surface area (Å²) < 4.78 is 41.9. The van der Waals surface area contributed by atoms with Crippen molar-refractivity contribution in [3.05, 3.63) is 59.1 Å². The van der Waals surface area contributed by atoms with Crippen molar-refractivity contribution in [1.82, 2.24) is 24.3 Å². The zero-order chi connectivity index (χ0) is 20.6. The van der Waals surface area contributed by atoms with Gasteiger partial charge in [0.2, 0.25) is 10.0 Å². The minimum atomic E-state index is -3.74. The van der Waals surface area contributed by atoms with E-state index in [1.807, 2.05) is 36.2 Å². The number of benzene rings is 1. The molecule has 2 aromatic heterocycles. The van der Waals surface area contributed by atoms with Crippen molar-refractivity contribution >= 4 is 27.4 Å². The van der Waals surface area contributed by atoms with Crippen LogP contribution in [0.5, 0.6) is 0 Å². The summed E-state index contributed by atoms with van der Waals surface area (Å²) in [7, 11) is -3.74. The van der Waals surface area contributed by atoms with Crippen LogP contribution in [-0.4, -0.2) is 58.9 Å². The van der Waals surface area contributed by atoms with Gasteiger partial charge in [0.1, 0.15) is 5.82 Å². The van der Waals surface area contributed by atoms with Gasteiger partial charge in [-0.2, -0.15) is 9.40 Å². The molecule has 1 aromatic carbocycles. The minimum Gasteiger partial charge on any atom is -0.352 e. The van der Waals surface area contributed by atoms with E-state index in [1.54, 1.807) is 4.68 Å². The standard InChI is InChI=1S/C18H18ClFN6O2S/c1-13-6-7-26(23-13)18-5-4-17(21-22-18)24-8-10-25(11-9-24)29(27,28)14-2-3-16(20)15(19)12-14/h2-7,12H,8-11H2,1H3. The van der Waals surface area contributed by atoms with Crippen LogP contribution in [0, 0.1) is 12.7 Å². The third-order valence-electron chi connectivity index (χ3n) is 4.69. The zero-order valence-electron chi connectivity index (χ0n) is 15.5. The molecule has 0 N–H and O–H groups in total. The number of hydrogen-bond acceptors (Lipinski definition) is 6. The van der Waals surface area contributed by atoms with Crippen LogP contribution >= 0.6 is 11.6 Å². The number of piperazine rings is 1. The average molecular weight is 437 g/mol. The molecule has 1 fully saturated rings. The maximum Gasteiger partial charge on any atom is 0.243 e. The first-order valence-electron chi connectivity index (χ1n) is 8.91. The van der Waals surface area contributed by atoms with E-state index in [-0.39, 0.29) is 23.0 Å². The second kappa shape index (κ2) is 7.69. The Bertz CT molecular complexity index is 1130. The molecule has 8 nitrogen and oxygen atoms in total. The normalized spacial score (nSPS) is 15.6. The van der Waals surface area contributed by atoms with Crippen molar-refractivity contribution in [1.29, 1.82) is 0 Å². The lowest BCUT2D eigenvalue weighted by atomic mass is 10.3. The molecule has 0 spiro atoms. The van der Waals surface area contributed by atoms with Crippen LogP contribution in [0.4, 0.5) is 10.2 Å². The van der Waals surface area contributed by atoms with Crippen LogP contribution in [0.2, 0.25) is 5.02 Å². The minimum absolute atomic E-state index is 0.0176. The fraction of sp³-hybridized carbons (Fsp3) is 0.278. The second-order valence-corrected chi connectivity index (χ2v) is 8.96. The van der Waals surface area contributed by atoms with Crippen LogP contribution in [0.25, 0.3) is 5.82 Å². The number of rotatable bonds is 4. The number of anilines is 1. The molecular weight excluding hydrogens is 419 g/mol. The average Bonchev–Trinajstić information content (AvgIpc) is 3.16. The number of nitrogens with zero attached hydrogens (tertiary/aromatic N) is 6. The molecule has 0 atom stereocenters. The topological polar surface area (TPSA) is 84.2 Å². The van der Waals surface area contributed by atoms with Crippen molar-refractivity contribution in [3.8, 4) is 5.82 Å². The first-order chi connectivity index (χ1) is 13.8. The Kier molecular flexibility index (Phi) is 5.24. The predicted molar refractivity (Wildman–Crippen MR) is 106 cm³/mol. The van der Waals surface area contributed by atoms with Crippen molar-refractivity contribution in [3.63, 3.8) is 0 Å². The van der Waals surface area contributed by atoms with Gasteiger partial charge in [0.05, 0.1) is 15.6 Å². The maximum atomic E-state index is 13.3. The Morgan fingerprint density at radius 3 is 2.28 bits per heavy atom. The van der Waals surface area contributed by atoms with Crippen LogP contribution in [-0.2, 0) is 10.0 Å². The summed E-state index contributed by atoms with van der Waals surface area (Å²) in [6.07, 6.45) is 1.81. The third-order valence-corrected chi connectivity index (χ3v) is 6.87. The third kappa shape index (κ3) is 3.96. The highest BCUT2D eigenvalue weighted by molar-refractivity contribution is 7.89. The molecule has 1 aliphatic heterocycles. The SMILES string of the molecule is Cc1ccn(-c2ccc(N3CCN(S(=O)(=O)c4ccc(F)c(Cl)c4)CC3)nn2)n1. The van der Waals surface area contributed by atoms with E-state index in [4.69, 9.17) is 11.6 Å².